The molecule has 1 saturated carbocycles. The van der Waals surface area contributed by atoms with Gasteiger partial charge in [0.1, 0.15) is 0 Å². The molecule has 1 saturated heterocycles. The Morgan fingerprint density at radius 2 is 1.93 bits per heavy atom. The maximum Gasteiger partial charge on any atom is 0.223 e. The fourth-order valence-electron chi connectivity index (χ4n) is 3.07. The molecule has 1 aliphatic carbocycles. The molecule has 3 nitrogen and oxygen atoms in total. The highest BCUT2D eigenvalue weighted by Gasteiger charge is 2.44. The Balaban J connectivity index is 2.11. The zero-order valence-corrected chi connectivity index (χ0v) is 8.67. The van der Waals surface area contributed by atoms with Gasteiger partial charge in [-0.25, -0.2) is 0 Å². The van der Waals surface area contributed by atoms with Crippen LogP contribution in [-0.4, -0.2) is 34.6 Å². The SMILES string of the molecule is O=C1CCC2(CCCCC2)N1CCO. The Morgan fingerprint density at radius 1 is 1.21 bits per heavy atom. The number of carbonyl (C=O) groups excluding carboxylic acids is 1. The van der Waals surface area contributed by atoms with E-state index >= 15 is 0 Å². The molecule has 80 valence electrons. The third-order valence-corrected chi connectivity index (χ3v) is 3.79. The fraction of sp³-hybridized carbons (Fsp3) is 0.909. The average Bonchev–Trinajstić information content (AvgIpc) is 2.49. The Labute approximate surface area is 85.1 Å². The number of likely N-dealkylation sites (tertiary alicyclic amines) is 1. The Morgan fingerprint density at radius 3 is 2.57 bits per heavy atom. The monoisotopic (exact) mass is 197 g/mol. The zero-order chi connectivity index (χ0) is 10.0. The van der Waals surface area contributed by atoms with E-state index in [1.54, 1.807) is 0 Å². The molecular formula is C11H19NO2. The summed E-state index contributed by atoms with van der Waals surface area (Å²) in [6.45, 7) is 0.645. The van der Waals surface area contributed by atoms with Gasteiger partial charge in [0.25, 0.3) is 0 Å². The molecule has 0 aromatic carbocycles. The van der Waals surface area contributed by atoms with Crippen LogP contribution in [0.25, 0.3) is 0 Å². The van der Waals surface area contributed by atoms with Gasteiger partial charge in [-0.1, -0.05) is 19.3 Å². The van der Waals surface area contributed by atoms with Crippen LogP contribution in [0.5, 0.6) is 0 Å². The third-order valence-electron chi connectivity index (χ3n) is 3.79. The molecule has 2 rings (SSSR count). The quantitative estimate of drug-likeness (QED) is 0.725. The minimum Gasteiger partial charge on any atom is -0.395 e. The molecule has 1 spiro atoms. The summed E-state index contributed by atoms with van der Waals surface area (Å²) < 4.78 is 0. The van der Waals surface area contributed by atoms with E-state index in [0.29, 0.717) is 13.0 Å². The van der Waals surface area contributed by atoms with Crippen molar-refractivity contribution in [3.05, 3.63) is 0 Å². The first-order chi connectivity index (χ1) is 6.78. The molecule has 0 bridgehead atoms. The van der Waals surface area contributed by atoms with Crippen LogP contribution < -0.4 is 0 Å². The van der Waals surface area contributed by atoms with Gasteiger partial charge < -0.3 is 10.0 Å². The predicted octanol–water partition coefficient (Wildman–Crippen LogP) is 1.30. The fourth-order valence-corrected chi connectivity index (χ4v) is 3.07. The van der Waals surface area contributed by atoms with E-state index in [0.717, 1.165) is 19.3 Å². The van der Waals surface area contributed by atoms with Crippen molar-refractivity contribution in [3.8, 4) is 0 Å². The highest BCUT2D eigenvalue weighted by molar-refractivity contribution is 5.79. The van der Waals surface area contributed by atoms with E-state index in [-0.39, 0.29) is 18.1 Å². The largest absolute Gasteiger partial charge is 0.395 e. The molecule has 0 atom stereocenters. The number of rotatable bonds is 2. The van der Waals surface area contributed by atoms with Crippen molar-refractivity contribution in [1.82, 2.24) is 4.90 Å². The normalized spacial score (nSPS) is 26.1. The van der Waals surface area contributed by atoms with Crippen LogP contribution in [0.4, 0.5) is 0 Å². The molecule has 1 heterocycles. The van der Waals surface area contributed by atoms with Crippen molar-refractivity contribution in [2.75, 3.05) is 13.2 Å². The van der Waals surface area contributed by atoms with Crippen molar-refractivity contribution in [1.29, 1.82) is 0 Å². The topological polar surface area (TPSA) is 40.5 Å². The third kappa shape index (κ3) is 1.54. The second kappa shape index (κ2) is 3.89. The number of amides is 1. The molecule has 0 aromatic heterocycles. The van der Waals surface area contributed by atoms with Gasteiger partial charge in [-0.15, -0.1) is 0 Å². The van der Waals surface area contributed by atoms with E-state index in [1.165, 1.54) is 19.3 Å². The van der Waals surface area contributed by atoms with E-state index in [2.05, 4.69) is 0 Å². The van der Waals surface area contributed by atoms with E-state index in [1.807, 2.05) is 4.90 Å². The van der Waals surface area contributed by atoms with Gasteiger partial charge in [-0.05, 0) is 19.3 Å². The molecule has 0 aromatic rings. The minimum absolute atomic E-state index is 0.105. The number of carbonyl (C=O) groups is 1. The van der Waals surface area contributed by atoms with Crippen LogP contribution in [0.1, 0.15) is 44.9 Å². The molecule has 0 radical (unpaired) electrons. The Bertz CT molecular complexity index is 221. The first-order valence-corrected chi connectivity index (χ1v) is 5.70. The molecule has 2 fully saturated rings. The molecule has 0 unspecified atom stereocenters. The first kappa shape index (κ1) is 9.97. The highest BCUT2D eigenvalue weighted by Crippen LogP contribution is 2.41. The van der Waals surface area contributed by atoms with Gasteiger partial charge in [-0.3, -0.25) is 4.79 Å². The zero-order valence-electron chi connectivity index (χ0n) is 8.67. The number of nitrogens with zero attached hydrogens (tertiary/aromatic N) is 1. The van der Waals surface area contributed by atoms with Gasteiger partial charge >= 0.3 is 0 Å². The van der Waals surface area contributed by atoms with Gasteiger partial charge in [-0.2, -0.15) is 0 Å². The van der Waals surface area contributed by atoms with Gasteiger partial charge in [0.05, 0.1) is 6.61 Å². The summed E-state index contributed by atoms with van der Waals surface area (Å²) in [5.74, 6) is 0.251. The molecule has 3 heteroatoms. The lowest BCUT2D eigenvalue weighted by Crippen LogP contribution is -2.48. The van der Waals surface area contributed by atoms with Crippen molar-refractivity contribution in [2.24, 2.45) is 0 Å². The number of aliphatic hydroxyl groups excluding tert-OH is 1. The molecule has 1 aliphatic heterocycles. The lowest BCUT2D eigenvalue weighted by atomic mass is 9.80. The van der Waals surface area contributed by atoms with Gasteiger partial charge in [0.15, 0.2) is 0 Å². The lowest BCUT2D eigenvalue weighted by molar-refractivity contribution is -0.132. The second-order valence-electron chi connectivity index (χ2n) is 4.55. The standard InChI is InChI=1S/C11H19NO2/c13-9-8-12-10(14)4-7-11(12)5-2-1-3-6-11/h13H,1-9H2. The second-order valence-corrected chi connectivity index (χ2v) is 4.55. The number of aliphatic hydroxyl groups is 1. The molecule has 14 heavy (non-hydrogen) atoms. The van der Waals surface area contributed by atoms with Crippen LogP contribution >= 0.6 is 0 Å². The minimum atomic E-state index is 0.105. The van der Waals surface area contributed by atoms with Crippen LogP contribution in [-0.2, 0) is 4.79 Å². The van der Waals surface area contributed by atoms with Gasteiger partial charge in [0, 0.05) is 18.5 Å². The van der Waals surface area contributed by atoms with Crippen LogP contribution in [0.3, 0.4) is 0 Å². The van der Waals surface area contributed by atoms with Crippen molar-refractivity contribution >= 4 is 5.91 Å². The van der Waals surface area contributed by atoms with E-state index < -0.39 is 0 Å². The highest BCUT2D eigenvalue weighted by atomic mass is 16.3. The van der Waals surface area contributed by atoms with Gasteiger partial charge in [0.2, 0.25) is 5.91 Å². The summed E-state index contributed by atoms with van der Waals surface area (Å²) in [5, 5.41) is 8.96. The van der Waals surface area contributed by atoms with Crippen LogP contribution in [0, 0.1) is 0 Å². The summed E-state index contributed by atoms with van der Waals surface area (Å²) in [4.78, 5) is 13.6. The maximum atomic E-state index is 11.7. The Kier molecular flexibility index (Phi) is 2.77. The summed E-state index contributed by atoms with van der Waals surface area (Å²) in [6.07, 6.45) is 7.82. The lowest BCUT2D eigenvalue weighted by Gasteiger charge is -2.41. The summed E-state index contributed by atoms with van der Waals surface area (Å²) in [5.41, 5.74) is 0.137. The van der Waals surface area contributed by atoms with Crippen LogP contribution in [0.2, 0.25) is 0 Å². The molecular weight excluding hydrogens is 178 g/mol. The van der Waals surface area contributed by atoms with Crippen molar-refractivity contribution in [2.45, 2.75) is 50.5 Å². The summed E-state index contributed by atoms with van der Waals surface area (Å²) in [6, 6.07) is 0. The summed E-state index contributed by atoms with van der Waals surface area (Å²) >= 11 is 0. The van der Waals surface area contributed by atoms with Crippen LogP contribution in [0.15, 0.2) is 0 Å². The first-order valence-electron chi connectivity index (χ1n) is 5.70. The number of hydrogen-bond donors (Lipinski definition) is 1. The van der Waals surface area contributed by atoms with E-state index in [4.69, 9.17) is 5.11 Å². The summed E-state index contributed by atoms with van der Waals surface area (Å²) in [7, 11) is 0. The van der Waals surface area contributed by atoms with Crippen molar-refractivity contribution in [3.63, 3.8) is 0 Å². The Hall–Kier alpha value is -0.570. The average molecular weight is 197 g/mol. The van der Waals surface area contributed by atoms with E-state index in [9.17, 15) is 4.79 Å². The molecule has 2 aliphatic rings. The molecule has 1 amide bonds. The molecule has 1 N–H and O–H groups in total. The maximum absolute atomic E-state index is 11.7. The number of hydrogen-bond acceptors (Lipinski definition) is 2. The van der Waals surface area contributed by atoms with Crippen molar-refractivity contribution < 1.29 is 9.90 Å². The smallest absolute Gasteiger partial charge is 0.223 e. The number of β-amino-alcohol motifs (C(OH)–C–C–N with tert-alkyl or cyclic N) is 1. The predicted molar refractivity (Wildman–Crippen MR) is 53.8 cm³/mol.